The zero-order chi connectivity index (χ0) is 27.8. The summed E-state index contributed by atoms with van der Waals surface area (Å²) in [6, 6.07) is 5.04. The van der Waals surface area contributed by atoms with E-state index in [2.05, 4.69) is 39.0 Å². The van der Waals surface area contributed by atoms with Gasteiger partial charge in [-0.3, -0.25) is 0 Å². The number of halogens is 8. The Kier molecular flexibility index (Phi) is 9.03. The summed E-state index contributed by atoms with van der Waals surface area (Å²) in [6.07, 6.45) is -4.26. The van der Waals surface area contributed by atoms with E-state index < -0.39 is 36.7 Å². The van der Waals surface area contributed by atoms with Crippen LogP contribution in [0.2, 0.25) is 0 Å². The maximum Gasteiger partial charge on any atom is 0.416 e. The Morgan fingerprint density at radius 2 is 1.65 bits per heavy atom. The first-order valence-corrected chi connectivity index (χ1v) is 16.5. The van der Waals surface area contributed by atoms with Gasteiger partial charge in [0.25, 0.3) is 0 Å². The molecule has 1 N–H and O–H groups in total. The molecule has 1 fully saturated rings. The van der Waals surface area contributed by atoms with Crippen LogP contribution >= 0.6 is 28.4 Å². The summed E-state index contributed by atoms with van der Waals surface area (Å²) in [5.41, 5.74) is -1.44. The number of piperidine rings is 1. The first kappa shape index (κ1) is 29.9. The van der Waals surface area contributed by atoms with E-state index in [0.29, 0.717) is 35.9 Å². The van der Waals surface area contributed by atoms with Gasteiger partial charge in [0.15, 0.2) is 0 Å². The minimum absolute atomic E-state index is 0.0818. The van der Waals surface area contributed by atoms with Crippen LogP contribution in [0.15, 0.2) is 36.4 Å². The lowest BCUT2D eigenvalue weighted by Gasteiger charge is -2.45. The topological polar surface area (TPSA) is 32.3 Å². The second-order valence-corrected chi connectivity index (χ2v) is 19.6. The van der Waals surface area contributed by atoms with Gasteiger partial charge in [-0.05, 0) is 107 Å². The first-order valence-electron chi connectivity index (χ1n) is 11.5. The SMILES string of the molecule is Cc1cc(F)ccc1C1CC(S(C)(C)I)CCN1C(=O)NCCc1cc(C(F)(F)F)cc(C(F)(F)F)c1. The predicted octanol–water partition coefficient (Wildman–Crippen LogP) is 8.04. The van der Waals surface area contributed by atoms with E-state index in [0.717, 1.165) is 12.0 Å². The number of benzene rings is 2. The second kappa shape index (κ2) is 11.2. The molecule has 37 heavy (non-hydrogen) atoms. The molecule has 2 amide bonds. The summed E-state index contributed by atoms with van der Waals surface area (Å²) in [7, 11) is -0.969. The molecule has 1 saturated heterocycles. The number of likely N-dealkylation sites (tertiary alicyclic amines) is 1. The standard InChI is InChI=1S/C25H28F7IN2OS/c1-15-10-19(26)4-5-21(15)22-14-20(37(2,3)33)7-9-35(22)23(36)34-8-6-16-11-17(24(27,28)29)13-18(12-16)25(30,31)32/h4-5,10-13,20,22H,6-9,14H2,1-3H3,(H,34,36). The molecule has 206 valence electrons. The van der Waals surface area contributed by atoms with Crippen LogP contribution in [-0.2, 0) is 18.8 Å². The predicted molar refractivity (Wildman–Crippen MR) is 141 cm³/mol. The molecule has 2 aromatic carbocycles. The summed E-state index contributed by atoms with van der Waals surface area (Å²) in [5, 5.41) is 3.02. The average Bonchev–Trinajstić information content (AvgIpc) is 2.76. The summed E-state index contributed by atoms with van der Waals surface area (Å²) in [5.74, 6) is -0.385. The van der Waals surface area contributed by atoms with E-state index in [4.69, 9.17) is 0 Å². The normalized spacial score (nSPS) is 19.6. The van der Waals surface area contributed by atoms with Gasteiger partial charge in [-0.15, -0.1) is 0 Å². The summed E-state index contributed by atoms with van der Waals surface area (Å²) in [6.45, 7) is 2.06. The third-order valence-electron chi connectivity index (χ3n) is 6.54. The number of rotatable bonds is 5. The number of alkyl halides is 6. The smallest absolute Gasteiger partial charge is 0.338 e. The van der Waals surface area contributed by atoms with E-state index in [9.17, 15) is 35.5 Å². The highest BCUT2D eigenvalue weighted by atomic mass is 127. The third kappa shape index (κ3) is 7.67. The number of amides is 2. The molecule has 1 aliphatic rings. The molecular weight excluding hydrogens is 636 g/mol. The maximum atomic E-state index is 13.7. The van der Waals surface area contributed by atoms with Crippen molar-refractivity contribution >= 4 is 34.4 Å². The highest BCUT2D eigenvalue weighted by Gasteiger charge is 2.38. The van der Waals surface area contributed by atoms with Gasteiger partial charge in [0.2, 0.25) is 0 Å². The fourth-order valence-electron chi connectivity index (χ4n) is 4.57. The molecule has 12 heteroatoms. The number of carbonyl (C=O) groups excluding carboxylic acids is 1. The number of hydrogen-bond acceptors (Lipinski definition) is 1. The largest absolute Gasteiger partial charge is 0.416 e. The van der Waals surface area contributed by atoms with E-state index in [1.807, 2.05) is 0 Å². The molecule has 1 heterocycles. The Labute approximate surface area is 225 Å². The third-order valence-corrected chi connectivity index (χ3v) is 10.7. The summed E-state index contributed by atoms with van der Waals surface area (Å²) >= 11 is 2.45. The van der Waals surface area contributed by atoms with E-state index in [-0.39, 0.29) is 36.5 Å². The van der Waals surface area contributed by atoms with Crippen molar-refractivity contribution in [1.82, 2.24) is 10.2 Å². The lowest BCUT2D eigenvalue weighted by molar-refractivity contribution is -0.143. The van der Waals surface area contributed by atoms with Crippen molar-refractivity contribution in [1.29, 1.82) is 0 Å². The molecule has 0 radical (unpaired) electrons. The summed E-state index contributed by atoms with van der Waals surface area (Å²) < 4.78 is 92.6. The second-order valence-electron chi connectivity index (χ2n) is 9.53. The van der Waals surface area contributed by atoms with Gasteiger partial charge in [0.1, 0.15) is 5.82 Å². The number of carbonyl (C=O) groups is 1. The molecular formula is C25H28F7IN2OS. The number of nitrogens with one attached hydrogen (secondary N) is 1. The highest BCUT2D eigenvalue weighted by molar-refractivity contribution is 14.2. The van der Waals surface area contributed by atoms with Crippen LogP contribution < -0.4 is 5.32 Å². The van der Waals surface area contributed by atoms with Crippen LogP contribution in [-0.4, -0.2) is 41.8 Å². The average molecular weight is 664 g/mol. The van der Waals surface area contributed by atoms with Crippen molar-refractivity contribution in [2.45, 2.75) is 49.8 Å². The lowest BCUT2D eigenvalue weighted by atomic mass is 9.92. The Hall–Kier alpha value is -1.70. The molecule has 2 atom stereocenters. The molecule has 3 rings (SSSR count). The number of urea groups is 1. The fourth-order valence-corrected chi connectivity index (χ4v) is 7.26. The quantitative estimate of drug-likeness (QED) is 0.255. The van der Waals surface area contributed by atoms with Crippen LogP contribution in [0, 0.1) is 12.7 Å². The van der Waals surface area contributed by atoms with E-state index in [1.54, 1.807) is 17.9 Å². The van der Waals surface area contributed by atoms with Crippen LogP contribution in [0.4, 0.5) is 35.5 Å². The first-order chi connectivity index (χ1) is 17.0. The highest BCUT2D eigenvalue weighted by Crippen LogP contribution is 2.58. The Morgan fingerprint density at radius 3 is 2.16 bits per heavy atom. The van der Waals surface area contributed by atoms with Crippen molar-refractivity contribution < 1.29 is 35.5 Å². The molecule has 0 aliphatic carbocycles. The molecule has 0 spiro atoms. The van der Waals surface area contributed by atoms with Crippen LogP contribution in [0.5, 0.6) is 0 Å². The van der Waals surface area contributed by atoms with E-state index >= 15 is 0 Å². The Morgan fingerprint density at radius 1 is 1.05 bits per heavy atom. The van der Waals surface area contributed by atoms with Crippen LogP contribution in [0.3, 0.4) is 0 Å². The fraction of sp³-hybridized carbons (Fsp3) is 0.480. The molecule has 0 bridgehead atoms. The number of aryl methyl sites for hydroxylation is 1. The molecule has 3 nitrogen and oxygen atoms in total. The Bertz CT molecular complexity index is 1100. The molecule has 2 unspecified atom stereocenters. The lowest BCUT2D eigenvalue weighted by Crippen LogP contribution is -2.48. The monoisotopic (exact) mass is 664 g/mol. The van der Waals surface area contributed by atoms with Gasteiger partial charge in [-0.2, -0.15) is 33.5 Å². The van der Waals surface area contributed by atoms with Crippen molar-refractivity contribution in [2.24, 2.45) is 0 Å². The van der Waals surface area contributed by atoms with Gasteiger partial charge < -0.3 is 10.2 Å². The van der Waals surface area contributed by atoms with Crippen molar-refractivity contribution in [3.63, 3.8) is 0 Å². The molecule has 2 aromatic rings. The van der Waals surface area contributed by atoms with Gasteiger partial charge in [-0.25, -0.2) is 9.18 Å². The van der Waals surface area contributed by atoms with Crippen molar-refractivity contribution in [2.75, 3.05) is 25.6 Å². The number of hydrogen-bond donors (Lipinski definition) is 1. The van der Waals surface area contributed by atoms with Crippen molar-refractivity contribution in [3.8, 4) is 0 Å². The zero-order valence-electron chi connectivity index (χ0n) is 20.4. The summed E-state index contributed by atoms with van der Waals surface area (Å²) in [4.78, 5) is 14.8. The molecule has 0 saturated carbocycles. The van der Waals surface area contributed by atoms with Crippen LogP contribution in [0.25, 0.3) is 0 Å². The molecule has 0 aromatic heterocycles. The van der Waals surface area contributed by atoms with E-state index in [1.165, 1.54) is 12.1 Å². The van der Waals surface area contributed by atoms with Crippen molar-refractivity contribution in [3.05, 3.63) is 70.0 Å². The minimum Gasteiger partial charge on any atom is -0.338 e. The number of nitrogens with zero attached hydrogens (tertiary/aromatic N) is 1. The minimum atomic E-state index is -4.93. The van der Waals surface area contributed by atoms with Gasteiger partial charge >= 0.3 is 18.4 Å². The maximum absolute atomic E-state index is 13.7. The van der Waals surface area contributed by atoms with Gasteiger partial charge in [0.05, 0.1) is 17.2 Å². The Balaban J connectivity index is 1.78. The van der Waals surface area contributed by atoms with Crippen LogP contribution in [0.1, 0.15) is 46.7 Å². The van der Waals surface area contributed by atoms with Gasteiger partial charge in [-0.1, -0.05) is 6.07 Å². The van der Waals surface area contributed by atoms with Gasteiger partial charge in [0, 0.05) is 18.3 Å². The zero-order valence-corrected chi connectivity index (χ0v) is 23.4. The molecule has 1 aliphatic heterocycles.